The van der Waals surface area contributed by atoms with E-state index in [0.717, 1.165) is 13.2 Å². The summed E-state index contributed by atoms with van der Waals surface area (Å²) in [5.41, 5.74) is -0.727. The number of rotatable bonds is 1. The summed E-state index contributed by atoms with van der Waals surface area (Å²) in [7, 11) is 1.06. The van der Waals surface area contributed by atoms with E-state index in [2.05, 4.69) is 4.98 Å². The molecule has 0 fully saturated rings. The average molecular weight is 200 g/mol. The summed E-state index contributed by atoms with van der Waals surface area (Å²) < 4.78 is 36.7. The largest absolute Gasteiger partial charge is 1.00 e. The first-order valence-electron chi connectivity index (χ1n) is 3.14. The van der Waals surface area contributed by atoms with Gasteiger partial charge in [-0.05, 0) is 0 Å². The van der Waals surface area contributed by atoms with E-state index < -0.39 is 23.7 Å². The Balaban J connectivity index is 0.00000169. The van der Waals surface area contributed by atoms with Crippen molar-refractivity contribution in [2.24, 2.45) is 7.05 Å². The van der Waals surface area contributed by atoms with Crippen LogP contribution in [0.5, 0.6) is 0 Å². The zero-order chi connectivity index (χ0) is 10.2. The van der Waals surface area contributed by atoms with Gasteiger partial charge in [-0.15, -0.1) is 0 Å². The van der Waals surface area contributed by atoms with Gasteiger partial charge in [-0.25, -0.2) is 4.98 Å². The maximum atomic E-state index is 12.0. The van der Waals surface area contributed by atoms with E-state index in [0.29, 0.717) is 4.57 Å². The molecule has 0 amide bonds. The van der Waals surface area contributed by atoms with Crippen LogP contribution in [-0.2, 0) is 13.2 Å². The second kappa shape index (κ2) is 4.07. The number of hydrogen-bond donors (Lipinski definition) is 0. The molecule has 4 nitrogen and oxygen atoms in total. The maximum absolute atomic E-state index is 12.0. The van der Waals surface area contributed by atoms with Gasteiger partial charge in [0.25, 0.3) is 0 Å². The van der Waals surface area contributed by atoms with Crippen LogP contribution in [-0.4, -0.2) is 15.5 Å². The molecule has 1 aromatic rings. The van der Waals surface area contributed by atoms with Crippen molar-refractivity contribution < 1.29 is 41.9 Å². The minimum atomic E-state index is -4.65. The molecule has 0 bridgehead atoms. The number of imidazole rings is 1. The molecule has 0 aliphatic carbocycles. The normalized spacial score (nSPS) is 10.9. The van der Waals surface area contributed by atoms with Crippen LogP contribution < -0.4 is 24.0 Å². The number of carboxylic acids is 1. The zero-order valence-electron chi connectivity index (χ0n) is 7.42. The number of carbonyl (C=O) groups is 1. The average Bonchev–Trinajstić information content (AvgIpc) is 2.29. The molecule has 0 aliphatic rings. The Morgan fingerprint density at radius 1 is 1.57 bits per heavy atom. The predicted molar refractivity (Wildman–Crippen MR) is 32.5 cm³/mol. The number of carbonyl (C=O) groups excluding carboxylic acids is 1. The van der Waals surface area contributed by atoms with Gasteiger partial charge in [0.2, 0.25) is 5.82 Å². The van der Waals surface area contributed by atoms with Crippen LogP contribution in [0.1, 0.15) is 16.3 Å². The second-order valence-corrected chi connectivity index (χ2v) is 2.35. The van der Waals surface area contributed by atoms with E-state index in [9.17, 15) is 23.1 Å². The molecular formula is C6H4F3LiN2O2. The molecule has 0 saturated heterocycles. The smallest absolute Gasteiger partial charge is 0.543 e. The molecule has 0 saturated carbocycles. The van der Waals surface area contributed by atoms with E-state index in [-0.39, 0.29) is 18.9 Å². The Hall–Kier alpha value is -0.933. The molecule has 72 valence electrons. The van der Waals surface area contributed by atoms with Gasteiger partial charge in [0.05, 0.1) is 5.97 Å². The van der Waals surface area contributed by atoms with Crippen molar-refractivity contribution in [3.8, 4) is 0 Å². The van der Waals surface area contributed by atoms with E-state index >= 15 is 0 Å². The molecule has 0 spiro atoms. The van der Waals surface area contributed by atoms with Gasteiger partial charge < -0.3 is 14.5 Å². The first kappa shape index (κ1) is 13.1. The molecule has 1 rings (SSSR count). The monoisotopic (exact) mass is 200 g/mol. The molecule has 8 heteroatoms. The molecule has 14 heavy (non-hydrogen) atoms. The Kier molecular flexibility index (Phi) is 3.79. The first-order chi connectivity index (χ1) is 5.82. The predicted octanol–water partition coefficient (Wildman–Crippen LogP) is -3.19. The summed E-state index contributed by atoms with van der Waals surface area (Å²) in [5.74, 6) is -2.99. The van der Waals surface area contributed by atoms with Gasteiger partial charge >= 0.3 is 25.0 Å². The van der Waals surface area contributed by atoms with Crippen molar-refractivity contribution >= 4 is 5.97 Å². The number of carboxylic acid groups (broad SMARTS) is 1. The van der Waals surface area contributed by atoms with E-state index in [1.165, 1.54) is 0 Å². The number of alkyl halides is 3. The van der Waals surface area contributed by atoms with E-state index in [1.54, 1.807) is 0 Å². The number of aromatic nitrogens is 2. The summed E-state index contributed by atoms with van der Waals surface area (Å²) in [4.78, 5) is 13.0. The minimum Gasteiger partial charge on any atom is -0.543 e. The molecule has 0 unspecified atom stereocenters. The van der Waals surface area contributed by atoms with Gasteiger partial charge in [0.1, 0.15) is 5.69 Å². The number of halogens is 3. The number of aromatic carboxylic acids is 1. The van der Waals surface area contributed by atoms with Crippen LogP contribution in [0.25, 0.3) is 0 Å². The van der Waals surface area contributed by atoms with Crippen LogP contribution in [0.15, 0.2) is 6.20 Å². The Labute approximate surface area is 88.9 Å². The van der Waals surface area contributed by atoms with Crippen LogP contribution in [0.2, 0.25) is 0 Å². The summed E-state index contributed by atoms with van der Waals surface area (Å²) in [6.07, 6.45) is -3.90. The van der Waals surface area contributed by atoms with Crippen LogP contribution in [0, 0.1) is 0 Å². The van der Waals surface area contributed by atoms with Crippen molar-refractivity contribution in [1.29, 1.82) is 0 Å². The maximum Gasteiger partial charge on any atom is 1.00 e. The van der Waals surface area contributed by atoms with E-state index in [1.807, 2.05) is 0 Å². The first-order valence-corrected chi connectivity index (χ1v) is 3.14. The van der Waals surface area contributed by atoms with Crippen molar-refractivity contribution in [2.75, 3.05) is 0 Å². The van der Waals surface area contributed by atoms with Crippen LogP contribution in [0.3, 0.4) is 0 Å². The molecule has 0 radical (unpaired) electrons. The van der Waals surface area contributed by atoms with Crippen LogP contribution >= 0.6 is 0 Å². The topological polar surface area (TPSA) is 58.0 Å². The third-order valence-corrected chi connectivity index (χ3v) is 1.34. The number of aryl methyl sites for hydroxylation is 1. The zero-order valence-corrected chi connectivity index (χ0v) is 7.42. The number of nitrogens with zero attached hydrogens (tertiary/aromatic N) is 2. The van der Waals surface area contributed by atoms with Crippen molar-refractivity contribution in [2.45, 2.75) is 6.18 Å². The summed E-state index contributed by atoms with van der Waals surface area (Å²) in [6.45, 7) is 0. The van der Waals surface area contributed by atoms with Crippen molar-refractivity contribution in [3.63, 3.8) is 0 Å². The van der Waals surface area contributed by atoms with E-state index in [4.69, 9.17) is 0 Å². The molecule has 1 aromatic heterocycles. The second-order valence-electron chi connectivity index (χ2n) is 2.35. The summed E-state index contributed by atoms with van der Waals surface area (Å²) in [6, 6.07) is 0. The SMILES string of the molecule is Cn1cc(C(=O)[O-])nc1C(F)(F)F.[Li+]. The molecule has 0 aromatic carbocycles. The quantitative estimate of drug-likeness (QED) is 0.449. The molecule has 1 heterocycles. The third kappa shape index (κ3) is 2.53. The Bertz CT molecular complexity index is 347. The Morgan fingerprint density at radius 2 is 2.07 bits per heavy atom. The van der Waals surface area contributed by atoms with Gasteiger partial charge in [0.15, 0.2) is 0 Å². The van der Waals surface area contributed by atoms with Gasteiger partial charge in [-0.2, -0.15) is 13.2 Å². The molecular weight excluding hydrogens is 196 g/mol. The molecule has 0 aliphatic heterocycles. The molecule has 0 N–H and O–H groups in total. The van der Waals surface area contributed by atoms with Crippen LogP contribution in [0.4, 0.5) is 13.2 Å². The van der Waals surface area contributed by atoms with Crippen molar-refractivity contribution in [3.05, 3.63) is 17.7 Å². The standard InChI is InChI=1S/C6H5F3N2O2.Li/c1-11-2-3(4(12)13)10-5(11)6(7,8)9;/h2H,1H3,(H,12,13);/q;+1/p-1. The molecule has 0 atom stereocenters. The van der Waals surface area contributed by atoms with Gasteiger partial charge in [-0.3, -0.25) is 0 Å². The fraction of sp³-hybridized carbons (Fsp3) is 0.333. The fourth-order valence-corrected chi connectivity index (χ4v) is 0.828. The third-order valence-electron chi connectivity index (χ3n) is 1.34. The number of hydrogen-bond acceptors (Lipinski definition) is 3. The minimum absolute atomic E-state index is 0. The van der Waals surface area contributed by atoms with Gasteiger partial charge in [0, 0.05) is 13.2 Å². The van der Waals surface area contributed by atoms with Crippen molar-refractivity contribution in [1.82, 2.24) is 9.55 Å². The summed E-state index contributed by atoms with van der Waals surface area (Å²) in [5, 5.41) is 10.1. The van der Waals surface area contributed by atoms with Gasteiger partial charge in [-0.1, -0.05) is 0 Å². The fourth-order valence-electron chi connectivity index (χ4n) is 0.828. The Morgan fingerprint density at radius 3 is 2.29 bits per heavy atom. The summed E-state index contributed by atoms with van der Waals surface area (Å²) >= 11 is 0.